The summed E-state index contributed by atoms with van der Waals surface area (Å²) in [4.78, 5) is 48.4. The average Bonchev–Trinajstić information content (AvgIpc) is 3.42. The van der Waals surface area contributed by atoms with E-state index in [1.807, 2.05) is 32.3 Å². The highest BCUT2D eigenvalue weighted by atomic mass is 32.2. The van der Waals surface area contributed by atoms with Crippen LogP contribution in [0.3, 0.4) is 0 Å². The maximum atomic E-state index is 13.1. The molecule has 192 valence electrons. The van der Waals surface area contributed by atoms with Crippen molar-refractivity contribution in [2.45, 2.75) is 24.8 Å². The molecule has 4 aliphatic heterocycles. The average molecular weight is 543 g/mol. The highest BCUT2D eigenvalue weighted by Crippen LogP contribution is 2.43. The van der Waals surface area contributed by atoms with Crippen LogP contribution in [0.4, 0.5) is 5.13 Å². The first-order valence-corrected chi connectivity index (χ1v) is 13.1. The summed E-state index contributed by atoms with van der Waals surface area (Å²) >= 11 is 2.53. The number of thioether (sulfide) groups is 1. The molecule has 5 heterocycles. The first kappa shape index (κ1) is 24.9. The molecule has 1 unspecified atom stereocenters. The fourth-order valence-electron chi connectivity index (χ4n) is 4.71. The number of hydrogen-bond acceptors (Lipinski definition) is 10. The number of nitrogens with one attached hydrogen (secondary N) is 1. The van der Waals surface area contributed by atoms with Crippen molar-refractivity contribution in [3.63, 3.8) is 0 Å². The van der Waals surface area contributed by atoms with Gasteiger partial charge in [-0.15, -0.1) is 27.7 Å². The van der Waals surface area contributed by atoms with Gasteiger partial charge in [0.2, 0.25) is 0 Å². The number of thiazole rings is 1. The molecule has 1 saturated heterocycles. The third kappa shape index (κ3) is 4.26. The molecule has 0 aromatic carbocycles. The maximum absolute atomic E-state index is 13.1. The molecular weight excluding hydrogens is 518 g/mol. The third-order valence-corrected chi connectivity index (χ3v) is 8.35. The normalized spacial score (nSPS) is 26.6. The minimum Gasteiger partial charge on any atom is -0.477 e. The number of allylic oxidation sites excluding steroid dienone is 4. The number of carbonyl (C=O) groups is 3. The van der Waals surface area contributed by atoms with Gasteiger partial charge < -0.3 is 21.0 Å². The van der Waals surface area contributed by atoms with E-state index in [1.54, 1.807) is 11.6 Å². The van der Waals surface area contributed by atoms with E-state index < -0.39 is 29.2 Å². The molecule has 0 spiro atoms. The van der Waals surface area contributed by atoms with Crippen LogP contribution in [0.5, 0.6) is 0 Å². The minimum absolute atomic E-state index is 0.0496. The molecule has 0 saturated carbocycles. The van der Waals surface area contributed by atoms with E-state index in [0.717, 1.165) is 28.2 Å². The number of carboxylic acid groups (broad SMARTS) is 1. The zero-order valence-corrected chi connectivity index (χ0v) is 21.8. The quantitative estimate of drug-likeness (QED) is 0.202. The van der Waals surface area contributed by atoms with Crippen LogP contribution >= 0.6 is 23.1 Å². The first-order valence-electron chi connectivity index (χ1n) is 11.2. The Morgan fingerprint density at radius 3 is 2.86 bits per heavy atom. The van der Waals surface area contributed by atoms with E-state index in [4.69, 9.17) is 10.6 Å². The Labute approximate surface area is 220 Å². The third-order valence-electron chi connectivity index (χ3n) is 6.33. The summed E-state index contributed by atoms with van der Waals surface area (Å²) in [5, 5.41) is 22.3. The van der Waals surface area contributed by atoms with Gasteiger partial charge in [-0.25, -0.2) is 9.78 Å². The zero-order chi connectivity index (χ0) is 26.5. The molecule has 0 bridgehead atoms. The number of aliphatic carboxylic acids is 1. The summed E-state index contributed by atoms with van der Waals surface area (Å²) < 4.78 is 0.274. The number of rotatable bonds is 7. The van der Waals surface area contributed by atoms with Crippen LogP contribution in [0.1, 0.15) is 19.0 Å². The predicted octanol–water partition coefficient (Wildman–Crippen LogP) is 1.38. The SMILES string of the molecule is CO/N=C(\C(=O)N[C@@H]1C(=O)N2C(C(=O)O)=C(CC3=C4C=CC(C)=C[N+]4(C)N=C3)CS[C@H]12)c1csc(N)n1. The molecule has 5 rings (SSSR count). The fourth-order valence-corrected chi connectivity index (χ4v) is 6.60. The lowest BCUT2D eigenvalue weighted by molar-refractivity contribution is -0.822. The highest BCUT2D eigenvalue weighted by Gasteiger charge is 2.54. The van der Waals surface area contributed by atoms with Crippen molar-refractivity contribution in [2.75, 3.05) is 25.6 Å². The van der Waals surface area contributed by atoms with E-state index in [0.29, 0.717) is 17.7 Å². The van der Waals surface area contributed by atoms with Crippen LogP contribution in [0.25, 0.3) is 0 Å². The summed E-state index contributed by atoms with van der Waals surface area (Å²) in [6.07, 6.45) is 8.12. The molecule has 14 heteroatoms. The fraction of sp³-hybridized carbons (Fsp3) is 0.304. The molecule has 0 aliphatic carbocycles. The molecule has 1 fully saturated rings. The molecule has 4 aliphatic rings. The lowest BCUT2D eigenvalue weighted by Gasteiger charge is -2.49. The Morgan fingerprint density at radius 2 is 2.19 bits per heavy atom. The van der Waals surface area contributed by atoms with Crippen LogP contribution in [0, 0.1) is 0 Å². The first-order chi connectivity index (χ1) is 17.6. The van der Waals surface area contributed by atoms with Gasteiger partial charge in [-0.1, -0.05) is 10.3 Å². The number of fused-ring (bicyclic) bond motifs is 2. The monoisotopic (exact) mass is 542 g/mol. The van der Waals surface area contributed by atoms with E-state index in [9.17, 15) is 19.5 Å². The molecule has 12 nitrogen and oxygen atoms in total. The standard InChI is InChI=1S/C23H23N7O5S2/c1-11-4-5-15-12(7-25-30(15,2)8-11)6-13-9-36-21-17(20(32)29(21)18(13)22(33)34)27-19(31)16(28-35-3)14-10-37-23(24)26-14/h4-5,7-8,10,17,21H,6,9H2,1-3H3,(H3-,24,26,27,31,33,34)/p+1/b28-16-/t17-,21-,30?/m1/s1. The van der Waals surface area contributed by atoms with Crippen molar-refractivity contribution in [3.05, 3.63) is 57.5 Å². The Kier molecular flexibility index (Phi) is 6.25. The smallest absolute Gasteiger partial charge is 0.352 e. The molecule has 1 aromatic heterocycles. The van der Waals surface area contributed by atoms with Crippen molar-refractivity contribution in [1.29, 1.82) is 0 Å². The van der Waals surface area contributed by atoms with Crippen LogP contribution in [0.15, 0.2) is 62.1 Å². The number of amides is 2. The van der Waals surface area contributed by atoms with Gasteiger partial charge in [-0.2, -0.15) is 0 Å². The number of oxime groups is 1. The van der Waals surface area contributed by atoms with Gasteiger partial charge in [-0.05, 0) is 18.6 Å². The predicted molar refractivity (Wildman–Crippen MR) is 139 cm³/mol. The molecule has 37 heavy (non-hydrogen) atoms. The largest absolute Gasteiger partial charge is 0.477 e. The molecular formula is C23H24N7O5S2+. The Bertz CT molecular complexity index is 1410. The summed E-state index contributed by atoms with van der Waals surface area (Å²) in [7, 11) is 3.24. The summed E-state index contributed by atoms with van der Waals surface area (Å²) in [6.45, 7) is 1.99. The lowest BCUT2D eigenvalue weighted by Crippen LogP contribution is -2.71. The van der Waals surface area contributed by atoms with E-state index in [1.165, 1.54) is 23.8 Å². The zero-order valence-electron chi connectivity index (χ0n) is 20.2. The van der Waals surface area contributed by atoms with Crippen molar-refractivity contribution in [1.82, 2.24) is 15.2 Å². The number of β-lactam (4-membered cyclic amide) rings is 1. The molecule has 0 radical (unpaired) electrons. The second-order valence-electron chi connectivity index (χ2n) is 8.88. The van der Waals surface area contributed by atoms with Crippen LogP contribution in [0.2, 0.25) is 0 Å². The van der Waals surface area contributed by atoms with Gasteiger partial charge in [-0.3, -0.25) is 14.5 Å². The summed E-state index contributed by atoms with van der Waals surface area (Å²) in [6, 6.07) is -0.921. The second kappa shape index (κ2) is 9.28. The van der Waals surface area contributed by atoms with Crippen molar-refractivity contribution in [2.24, 2.45) is 10.3 Å². The molecule has 3 atom stereocenters. The van der Waals surface area contributed by atoms with Gasteiger partial charge >= 0.3 is 5.97 Å². The number of quaternary nitrogens is 1. The van der Waals surface area contributed by atoms with Gasteiger partial charge in [0.05, 0.1) is 6.21 Å². The Hall–Kier alpha value is -3.75. The molecule has 1 aromatic rings. The van der Waals surface area contributed by atoms with Gasteiger partial charge in [0.25, 0.3) is 11.8 Å². The number of nitrogen functional groups attached to an aromatic ring is 1. The number of nitrogens with zero attached hydrogens (tertiary/aromatic N) is 5. The van der Waals surface area contributed by atoms with Crippen molar-refractivity contribution < 1.29 is 28.9 Å². The number of nitrogens with two attached hydrogens (primary N) is 1. The van der Waals surface area contributed by atoms with Gasteiger partial charge in [0.1, 0.15) is 43.2 Å². The topological polar surface area (TPSA) is 160 Å². The number of likely N-dealkylation sites (N-methyl/N-ethyl adjacent to an activating group) is 1. The van der Waals surface area contributed by atoms with E-state index >= 15 is 0 Å². The molecule has 2 amide bonds. The van der Waals surface area contributed by atoms with Crippen molar-refractivity contribution in [3.8, 4) is 0 Å². The van der Waals surface area contributed by atoms with Crippen LogP contribution in [-0.4, -0.2) is 80.6 Å². The van der Waals surface area contributed by atoms with Gasteiger partial charge in [0, 0.05) is 34.8 Å². The van der Waals surface area contributed by atoms with E-state index in [2.05, 4.69) is 20.6 Å². The number of hydrogen-bond donors (Lipinski definition) is 3. The van der Waals surface area contributed by atoms with E-state index in [-0.39, 0.29) is 26.8 Å². The van der Waals surface area contributed by atoms with Crippen LogP contribution in [-0.2, 0) is 19.2 Å². The lowest BCUT2D eigenvalue weighted by atomic mass is 9.97. The molecule has 4 N–H and O–H groups in total. The summed E-state index contributed by atoms with van der Waals surface area (Å²) in [5.74, 6) is -1.98. The number of carbonyl (C=O) groups excluding carboxylic acids is 2. The Balaban J connectivity index is 1.37. The maximum Gasteiger partial charge on any atom is 0.352 e. The van der Waals surface area contributed by atoms with Crippen LogP contribution < -0.4 is 11.1 Å². The minimum atomic E-state index is -1.19. The Morgan fingerprint density at radius 1 is 1.41 bits per heavy atom. The number of anilines is 1. The highest BCUT2D eigenvalue weighted by molar-refractivity contribution is 8.00. The second-order valence-corrected chi connectivity index (χ2v) is 10.9. The number of carboxylic acids is 1. The van der Waals surface area contributed by atoms with Crippen molar-refractivity contribution >= 4 is 57.9 Å². The summed E-state index contributed by atoms with van der Waals surface area (Å²) in [5.41, 5.74) is 9.27. The number of aromatic nitrogens is 1. The van der Waals surface area contributed by atoms with Gasteiger partial charge in [0.15, 0.2) is 16.5 Å².